The van der Waals surface area contributed by atoms with Crippen LogP contribution >= 0.6 is 0 Å². The molecular weight excluding hydrogens is 633 g/mol. The van der Waals surface area contributed by atoms with Gasteiger partial charge >= 0.3 is 0 Å². The summed E-state index contributed by atoms with van der Waals surface area (Å²) in [6.07, 6.45) is 16.2. The number of nitrogens with one attached hydrogen (secondary N) is 1. The molecule has 4 unspecified atom stereocenters. The molecule has 1 amide bonds. The number of aromatic nitrogens is 4. The zero-order valence-corrected chi connectivity index (χ0v) is 32.5. The molecular formula is C42H60N8O. The van der Waals surface area contributed by atoms with E-state index in [2.05, 4.69) is 118 Å². The molecule has 6 rings (SSSR count). The van der Waals surface area contributed by atoms with Crippen molar-refractivity contribution in [3.63, 3.8) is 0 Å². The molecule has 4 heterocycles. The molecule has 0 saturated carbocycles. The minimum Gasteiger partial charge on any atom is -0.383 e. The zero-order valence-electron chi connectivity index (χ0n) is 32.5. The van der Waals surface area contributed by atoms with E-state index in [1.165, 1.54) is 44.8 Å². The molecule has 9 heteroatoms. The molecule has 2 aliphatic heterocycles. The van der Waals surface area contributed by atoms with E-state index < -0.39 is 5.66 Å². The number of benzene rings is 1. The topological polar surface area (TPSA) is 83.6 Å². The van der Waals surface area contributed by atoms with Gasteiger partial charge in [-0.05, 0) is 91.0 Å². The second-order valence-electron chi connectivity index (χ2n) is 16.0. The first-order valence-corrected chi connectivity index (χ1v) is 19.2. The molecule has 1 aliphatic carbocycles. The first-order valence-electron chi connectivity index (χ1n) is 19.2. The summed E-state index contributed by atoms with van der Waals surface area (Å²) in [5.74, 6) is 1.61. The van der Waals surface area contributed by atoms with Gasteiger partial charge in [-0.15, -0.1) is 0 Å². The van der Waals surface area contributed by atoms with Crippen LogP contribution in [0.4, 0.5) is 5.69 Å². The van der Waals surface area contributed by atoms with Crippen LogP contribution in [-0.2, 0) is 24.7 Å². The van der Waals surface area contributed by atoms with Crippen molar-refractivity contribution in [2.75, 3.05) is 32.5 Å². The Bertz CT molecular complexity index is 1800. The van der Waals surface area contributed by atoms with Crippen LogP contribution in [0.5, 0.6) is 0 Å². The summed E-state index contributed by atoms with van der Waals surface area (Å²) in [6, 6.07) is 9.50. The quantitative estimate of drug-likeness (QED) is 0.233. The van der Waals surface area contributed by atoms with Crippen molar-refractivity contribution in [3.8, 4) is 0 Å². The number of hydrogen-bond donors (Lipinski definition) is 1. The third kappa shape index (κ3) is 8.02. The van der Waals surface area contributed by atoms with Crippen LogP contribution in [-0.4, -0.2) is 74.3 Å². The fourth-order valence-corrected chi connectivity index (χ4v) is 8.38. The van der Waals surface area contributed by atoms with Crippen molar-refractivity contribution in [1.29, 1.82) is 0 Å². The maximum Gasteiger partial charge on any atom is 0.219 e. The Balaban J connectivity index is 1.24. The smallest absolute Gasteiger partial charge is 0.219 e. The van der Waals surface area contributed by atoms with Crippen molar-refractivity contribution < 1.29 is 4.79 Å². The molecule has 0 radical (unpaired) electrons. The zero-order chi connectivity index (χ0) is 36.4. The summed E-state index contributed by atoms with van der Waals surface area (Å²) < 4.78 is 4.22. The van der Waals surface area contributed by atoms with Gasteiger partial charge in [0.2, 0.25) is 5.91 Å². The Morgan fingerprint density at radius 1 is 1.16 bits per heavy atom. The number of amides is 1. The van der Waals surface area contributed by atoms with E-state index in [9.17, 15) is 4.79 Å². The molecule has 9 nitrogen and oxygen atoms in total. The van der Waals surface area contributed by atoms with Crippen LogP contribution in [0.1, 0.15) is 114 Å². The largest absolute Gasteiger partial charge is 0.383 e. The SMILES string of the molecule is CCC(C)C(C)/C(=C\N(C)C)c1cccc(Cc2c3c(nn2C)CCC2=C3C(C)CCC(C)(Nc3cnn(C4CCN(C(C)=O)CC4)c3)/N=C\2)c1. The molecule has 3 aromatic rings. The van der Waals surface area contributed by atoms with E-state index in [1.54, 1.807) is 6.92 Å². The van der Waals surface area contributed by atoms with Crippen molar-refractivity contribution in [2.24, 2.45) is 29.8 Å². The number of aliphatic imine (C=N–C) groups is 1. The predicted molar refractivity (Wildman–Crippen MR) is 210 cm³/mol. The van der Waals surface area contributed by atoms with Gasteiger partial charge in [0.15, 0.2) is 0 Å². The molecule has 51 heavy (non-hydrogen) atoms. The van der Waals surface area contributed by atoms with Gasteiger partial charge in [-0.1, -0.05) is 58.4 Å². The van der Waals surface area contributed by atoms with Gasteiger partial charge in [-0.2, -0.15) is 10.2 Å². The lowest BCUT2D eigenvalue weighted by atomic mass is 9.78. The van der Waals surface area contributed by atoms with E-state index in [0.29, 0.717) is 23.8 Å². The summed E-state index contributed by atoms with van der Waals surface area (Å²) >= 11 is 0. The van der Waals surface area contributed by atoms with Crippen LogP contribution in [0.3, 0.4) is 0 Å². The van der Waals surface area contributed by atoms with Crippen LogP contribution in [0.25, 0.3) is 11.1 Å². The van der Waals surface area contributed by atoms with E-state index >= 15 is 0 Å². The van der Waals surface area contributed by atoms with Crippen LogP contribution in [0.15, 0.2) is 53.4 Å². The minimum atomic E-state index is -0.429. The van der Waals surface area contributed by atoms with E-state index in [1.807, 2.05) is 11.1 Å². The Morgan fingerprint density at radius 2 is 1.92 bits per heavy atom. The lowest BCUT2D eigenvalue weighted by Gasteiger charge is -2.33. The highest BCUT2D eigenvalue weighted by Gasteiger charge is 2.33. The van der Waals surface area contributed by atoms with Gasteiger partial charge in [-0.25, -0.2) is 0 Å². The molecule has 0 spiro atoms. The number of aryl methyl sites for hydroxylation is 2. The summed E-state index contributed by atoms with van der Waals surface area (Å²) in [5.41, 5.74) is 11.3. The molecule has 274 valence electrons. The highest BCUT2D eigenvalue weighted by atomic mass is 16.2. The maximum absolute atomic E-state index is 11.8. The maximum atomic E-state index is 11.8. The standard InChI is InChI=1S/C42H60N8O/c1-10-28(2)30(4)37(27-47(7)8)33-13-11-12-32(22-33)23-39-41-38(46-48(39)9)15-14-34-24-43-42(6,19-16-29(3)40(34)41)45-35-25-44-50(26-35)36-17-20-49(21-18-36)31(5)51/h11-13,22,24-30,36,45H,10,14-21,23H2,1-9H3/b37-27+,43-24-. The lowest BCUT2D eigenvalue weighted by Crippen LogP contribution is -2.37. The van der Waals surface area contributed by atoms with Crippen LogP contribution in [0.2, 0.25) is 0 Å². The Labute approximate surface area is 305 Å². The first kappa shape index (κ1) is 36.6. The Hall–Kier alpha value is -4.14. The number of carbonyl (C=O) groups excluding carboxylic acids is 1. The third-order valence-electron chi connectivity index (χ3n) is 11.9. The van der Waals surface area contributed by atoms with Crippen LogP contribution in [0, 0.1) is 17.8 Å². The van der Waals surface area contributed by atoms with E-state index in [4.69, 9.17) is 15.2 Å². The average Bonchev–Trinajstić information content (AvgIpc) is 3.70. The Morgan fingerprint density at radius 3 is 2.63 bits per heavy atom. The van der Waals surface area contributed by atoms with Crippen molar-refractivity contribution >= 4 is 29.0 Å². The molecule has 4 atom stereocenters. The number of hydrogen-bond acceptors (Lipinski definition) is 6. The number of fused-ring (bicyclic) bond motifs is 2. The van der Waals surface area contributed by atoms with Gasteiger partial charge in [-0.3, -0.25) is 19.2 Å². The molecule has 1 fully saturated rings. The normalized spacial score (nSPS) is 23.2. The number of likely N-dealkylation sites (tertiary alicyclic amines) is 1. The predicted octanol–water partition coefficient (Wildman–Crippen LogP) is 8.00. The average molecular weight is 693 g/mol. The van der Waals surface area contributed by atoms with Gasteiger partial charge in [0.25, 0.3) is 0 Å². The van der Waals surface area contributed by atoms with Crippen molar-refractivity contribution in [3.05, 3.63) is 76.5 Å². The summed E-state index contributed by atoms with van der Waals surface area (Å²) in [7, 11) is 6.36. The van der Waals surface area contributed by atoms with Crippen molar-refractivity contribution in [1.82, 2.24) is 29.4 Å². The molecule has 0 bridgehead atoms. The fourth-order valence-electron chi connectivity index (χ4n) is 8.38. The second kappa shape index (κ2) is 15.2. The van der Waals surface area contributed by atoms with Gasteiger partial charge < -0.3 is 15.1 Å². The summed E-state index contributed by atoms with van der Waals surface area (Å²) in [5, 5.41) is 13.6. The number of carbonyl (C=O) groups is 1. The van der Waals surface area contributed by atoms with E-state index in [0.717, 1.165) is 70.1 Å². The van der Waals surface area contributed by atoms with Gasteiger partial charge in [0, 0.05) is 71.8 Å². The molecule has 1 aromatic carbocycles. The molecule has 1 saturated heterocycles. The molecule has 1 N–H and O–H groups in total. The third-order valence-corrected chi connectivity index (χ3v) is 11.9. The number of rotatable bonds is 10. The number of anilines is 1. The highest BCUT2D eigenvalue weighted by Crippen LogP contribution is 2.42. The van der Waals surface area contributed by atoms with Crippen molar-refractivity contribution in [2.45, 2.75) is 105 Å². The van der Waals surface area contributed by atoms with Gasteiger partial charge in [0.05, 0.1) is 29.3 Å². The fraction of sp³-hybridized carbons (Fsp3) is 0.571. The Kier molecular flexibility index (Phi) is 10.9. The minimum absolute atomic E-state index is 0.159. The first-order chi connectivity index (χ1) is 24.4. The number of piperidine rings is 1. The van der Waals surface area contributed by atoms with Crippen LogP contribution < -0.4 is 5.32 Å². The number of allylic oxidation sites excluding steroid dienone is 3. The monoisotopic (exact) mass is 692 g/mol. The second-order valence-corrected chi connectivity index (χ2v) is 16.0. The molecule has 2 aromatic heterocycles. The summed E-state index contributed by atoms with van der Waals surface area (Å²) in [4.78, 5) is 21.2. The van der Waals surface area contributed by atoms with Gasteiger partial charge in [0.1, 0.15) is 5.66 Å². The highest BCUT2D eigenvalue weighted by molar-refractivity contribution is 5.94. The van der Waals surface area contributed by atoms with E-state index in [-0.39, 0.29) is 5.91 Å². The number of nitrogens with zero attached hydrogens (tertiary/aromatic N) is 7. The molecule has 3 aliphatic rings. The summed E-state index contributed by atoms with van der Waals surface area (Å²) in [6.45, 7) is 14.9. The lowest BCUT2D eigenvalue weighted by molar-refractivity contribution is -0.130.